The molecule has 29 heavy (non-hydrogen) atoms. The number of fused-ring (bicyclic) bond motifs is 1. The molecular formula is C29H54. The first kappa shape index (κ1) is 23.7. The van der Waals surface area contributed by atoms with Crippen LogP contribution in [-0.4, -0.2) is 0 Å². The molecule has 3 fully saturated rings. The number of rotatable bonds is 8. The summed E-state index contributed by atoms with van der Waals surface area (Å²) in [7, 11) is 0. The summed E-state index contributed by atoms with van der Waals surface area (Å²) in [5.74, 6) is 7.29. The van der Waals surface area contributed by atoms with Crippen molar-refractivity contribution in [2.24, 2.45) is 63.6 Å². The highest BCUT2D eigenvalue weighted by atomic mass is 14.8. The zero-order valence-corrected chi connectivity index (χ0v) is 21.8. The molecule has 0 aromatic carbocycles. The highest BCUT2D eigenvalue weighted by molar-refractivity contribution is 5.23. The van der Waals surface area contributed by atoms with Crippen LogP contribution in [-0.2, 0) is 0 Å². The van der Waals surface area contributed by atoms with Crippen molar-refractivity contribution in [1.82, 2.24) is 0 Å². The molecule has 0 spiro atoms. The maximum absolute atomic E-state index is 2.72. The first-order chi connectivity index (χ1) is 13.5. The Morgan fingerprint density at radius 3 is 2.07 bits per heavy atom. The standard InChI is InChI=1S/C29H54/c1-11-22(7)29(17-19(2)3)24(9)28(29,20(4)5)18-23(8)27(10)14-12-13-21(6)15-25-16-26(25)27/h19-26H,11-18H2,1-10H3. The fraction of sp³-hybridized carbons (Fsp3) is 1.00. The van der Waals surface area contributed by atoms with Gasteiger partial charge >= 0.3 is 0 Å². The van der Waals surface area contributed by atoms with Crippen LogP contribution in [0.2, 0.25) is 0 Å². The minimum absolute atomic E-state index is 0.565. The summed E-state index contributed by atoms with van der Waals surface area (Å²) >= 11 is 0. The number of hydrogen-bond acceptors (Lipinski definition) is 0. The summed E-state index contributed by atoms with van der Waals surface area (Å²) in [5.41, 5.74) is 1.73. The molecule has 3 rings (SSSR count). The van der Waals surface area contributed by atoms with Crippen LogP contribution in [0.3, 0.4) is 0 Å². The molecule has 0 heteroatoms. The molecule has 0 amide bonds. The summed E-state index contributed by atoms with van der Waals surface area (Å²) in [5, 5.41) is 0. The van der Waals surface area contributed by atoms with Crippen molar-refractivity contribution in [1.29, 1.82) is 0 Å². The molecule has 0 nitrogen and oxygen atoms in total. The molecule has 9 atom stereocenters. The fourth-order valence-electron chi connectivity index (χ4n) is 9.33. The van der Waals surface area contributed by atoms with Gasteiger partial charge in [0, 0.05) is 0 Å². The third-order valence-corrected chi connectivity index (χ3v) is 11.3. The lowest BCUT2D eigenvalue weighted by atomic mass is 9.61. The van der Waals surface area contributed by atoms with Gasteiger partial charge in [-0.2, -0.15) is 0 Å². The molecule has 0 aromatic rings. The average molecular weight is 403 g/mol. The van der Waals surface area contributed by atoms with Crippen molar-refractivity contribution in [3.05, 3.63) is 0 Å². The van der Waals surface area contributed by atoms with Crippen LogP contribution in [0, 0.1) is 63.6 Å². The van der Waals surface area contributed by atoms with Gasteiger partial charge in [0.15, 0.2) is 0 Å². The Morgan fingerprint density at radius 1 is 0.862 bits per heavy atom. The Hall–Kier alpha value is 0. The summed E-state index contributed by atoms with van der Waals surface area (Å²) in [6, 6.07) is 0. The Morgan fingerprint density at radius 2 is 1.52 bits per heavy atom. The molecule has 0 radical (unpaired) electrons. The van der Waals surface area contributed by atoms with Crippen LogP contribution >= 0.6 is 0 Å². The SMILES string of the molecule is CCC(C)C1(CC(C)C)C(C)C1(CC(C)C1(C)CCCC(C)CC2CC21)C(C)C. The Labute approximate surface area is 184 Å². The van der Waals surface area contributed by atoms with Crippen LogP contribution in [0.15, 0.2) is 0 Å². The molecule has 0 bridgehead atoms. The average Bonchev–Trinajstić information content (AvgIpc) is 3.50. The predicted octanol–water partition coefficient (Wildman–Crippen LogP) is 9.24. The van der Waals surface area contributed by atoms with E-state index in [-0.39, 0.29) is 0 Å². The Balaban J connectivity index is 1.87. The summed E-state index contributed by atoms with van der Waals surface area (Å²) < 4.78 is 0. The van der Waals surface area contributed by atoms with Gasteiger partial charge in [0.05, 0.1) is 0 Å². The van der Waals surface area contributed by atoms with Gasteiger partial charge in [-0.05, 0) is 95.7 Å². The molecular weight excluding hydrogens is 348 g/mol. The van der Waals surface area contributed by atoms with E-state index < -0.39 is 0 Å². The van der Waals surface area contributed by atoms with E-state index in [1.54, 1.807) is 0 Å². The van der Waals surface area contributed by atoms with Crippen molar-refractivity contribution in [3.63, 3.8) is 0 Å². The molecule has 0 aliphatic heterocycles. The third-order valence-electron chi connectivity index (χ3n) is 11.3. The van der Waals surface area contributed by atoms with Gasteiger partial charge < -0.3 is 0 Å². The van der Waals surface area contributed by atoms with Gasteiger partial charge in [-0.3, -0.25) is 0 Å². The lowest BCUT2D eigenvalue weighted by Crippen LogP contribution is -2.36. The van der Waals surface area contributed by atoms with E-state index in [9.17, 15) is 0 Å². The first-order valence-electron chi connectivity index (χ1n) is 13.5. The van der Waals surface area contributed by atoms with Crippen molar-refractivity contribution in [2.75, 3.05) is 0 Å². The minimum Gasteiger partial charge on any atom is -0.0651 e. The highest BCUT2D eigenvalue weighted by Gasteiger charge is 2.75. The van der Waals surface area contributed by atoms with Crippen LogP contribution in [0.25, 0.3) is 0 Å². The molecule has 170 valence electrons. The molecule has 0 N–H and O–H groups in total. The second kappa shape index (κ2) is 8.16. The van der Waals surface area contributed by atoms with Gasteiger partial charge in [-0.1, -0.05) is 88.5 Å². The molecule has 3 aliphatic rings. The zero-order chi connectivity index (χ0) is 21.8. The van der Waals surface area contributed by atoms with Gasteiger partial charge in [-0.25, -0.2) is 0 Å². The first-order valence-corrected chi connectivity index (χ1v) is 13.5. The molecule has 0 saturated heterocycles. The lowest BCUT2D eigenvalue weighted by Gasteiger charge is -2.43. The maximum atomic E-state index is 2.72. The molecule has 0 aromatic heterocycles. The quantitative estimate of drug-likeness (QED) is 0.379. The van der Waals surface area contributed by atoms with E-state index >= 15 is 0 Å². The second-order valence-corrected chi connectivity index (χ2v) is 13.3. The van der Waals surface area contributed by atoms with Crippen molar-refractivity contribution >= 4 is 0 Å². The summed E-state index contributed by atoms with van der Waals surface area (Å²) in [6.07, 6.45) is 11.8. The normalized spacial score (nSPS) is 46.8. The van der Waals surface area contributed by atoms with Crippen molar-refractivity contribution < 1.29 is 0 Å². The molecule has 3 saturated carbocycles. The van der Waals surface area contributed by atoms with Gasteiger partial charge in [0.25, 0.3) is 0 Å². The van der Waals surface area contributed by atoms with E-state index in [4.69, 9.17) is 0 Å². The largest absolute Gasteiger partial charge is 0.0651 e. The van der Waals surface area contributed by atoms with Crippen LogP contribution in [0.4, 0.5) is 0 Å². The van der Waals surface area contributed by atoms with Crippen molar-refractivity contribution in [3.8, 4) is 0 Å². The molecule has 3 aliphatic carbocycles. The predicted molar refractivity (Wildman–Crippen MR) is 129 cm³/mol. The Bertz CT molecular complexity index is 560. The molecule has 0 heterocycles. The van der Waals surface area contributed by atoms with E-state index in [0.29, 0.717) is 16.2 Å². The maximum Gasteiger partial charge on any atom is -0.0176 e. The lowest BCUT2D eigenvalue weighted by molar-refractivity contribution is 0.0569. The Kier molecular flexibility index (Phi) is 6.66. The third kappa shape index (κ3) is 3.65. The fourth-order valence-corrected chi connectivity index (χ4v) is 9.33. The van der Waals surface area contributed by atoms with E-state index in [0.717, 1.165) is 47.3 Å². The van der Waals surface area contributed by atoms with Crippen LogP contribution < -0.4 is 0 Å². The van der Waals surface area contributed by atoms with E-state index in [1.165, 1.54) is 51.4 Å². The van der Waals surface area contributed by atoms with Gasteiger partial charge in [-0.15, -0.1) is 0 Å². The van der Waals surface area contributed by atoms with Crippen LogP contribution in [0.5, 0.6) is 0 Å². The molecule has 9 unspecified atom stereocenters. The van der Waals surface area contributed by atoms with Crippen molar-refractivity contribution in [2.45, 2.75) is 121 Å². The second-order valence-electron chi connectivity index (χ2n) is 13.3. The summed E-state index contributed by atoms with van der Waals surface area (Å²) in [4.78, 5) is 0. The monoisotopic (exact) mass is 402 g/mol. The summed E-state index contributed by atoms with van der Waals surface area (Å²) in [6.45, 7) is 25.6. The number of hydrogen-bond donors (Lipinski definition) is 0. The van der Waals surface area contributed by atoms with E-state index in [2.05, 4.69) is 69.2 Å². The minimum atomic E-state index is 0.565. The topological polar surface area (TPSA) is 0 Å². The van der Waals surface area contributed by atoms with E-state index in [1.807, 2.05) is 0 Å². The van der Waals surface area contributed by atoms with Gasteiger partial charge in [0.1, 0.15) is 0 Å². The van der Waals surface area contributed by atoms with Gasteiger partial charge in [0.2, 0.25) is 0 Å². The zero-order valence-electron chi connectivity index (χ0n) is 21.8. The van der Waals surface area contributed by atoms with Crippen LogP contribution in [0.1, 0.15) is 121 Å². The highest BCUT2D eigenvalue weighted by Crippen LogP contribution is 2.81. The smallest absolute Gasteiger partial charge is 0.0176 e.